The molecule has 25 heavy (non-hydrogen) atoms. The second kappa shape index (κ2) is 7.95. The summed E-state index contributed by atoms with van der Waals surface area (Å²) in [5.74, 6) is 0. The average Bonchev–Trinajstić information content (AvgIpc) is 2.39. The zero-order valence-electron chi connectivity index (χ0n) is 15.3. The smallest absolute Gasteiger partial charge is 0.416 e. The summed E-state index contributed by atoms with van der Waals surface area (Å²) < 4.78 is 44.5. The van der Waals surface area contributed by atoms with Gasteiger partial charge in [0.2, 0.25) is 0 Å². The molecule has 1 amide bonds. The van der Waals surface area contributed by atoms with Crippen LogP contribution in [-0.2, 0) is 10.9 Å². The third kappa shape index (κ3) is 7.21. The van der Waals surface area contributed by atoms with Crippen LogP contribution in [-0.4, -0.2) is 43.8 Å². The van der Waals surface area contributed by atoms with Crippen LogP contribution in [0.4, 0.5) is 29.3 Å². The maximum Gasteiger partial charge on any atom is 0.416 e. The number of ether oxygens (including phenoxy) is 1. The molecule has 1 aromatic rings. The summed E-state index contributed by atoms with van der Waals surface area (Å²) in [7, 11) is 3.75. The molecule has 0 radical (unpaired) electrons. The van der Waals surface area contributed by atoms with Crippen LogP contribution >= 0.6 is 0 Å². The number of carbonyl (C=O) groups excluding carboxylic acids is 1. The first kappa shape index (κ1) is 21.1. The highest BCUT2D eigenvalue weighted by atomic mass is 19.4. The van der Waals surface area contributed by atoms with E-state index in [9.17, 15) is 18.0 Å². The van der Waals surface area contributed by atoms with Crippen LogP contribution in [0.1, 0.15) is 32.8 Å². The van der Waals surface area contributed by atoms with E-state index in [4.69, 9.17) is 10.5 Å². The van der Waals surface area contributed by atoms with Crippen LogP contribution in [0.25, 0.3) is 0 Å². The molecule has 142 valence electrons. The van der Waals surface area contributed by atoms with Gasteiger partial charge in [-0.2, -0.15) is 13.2 Å². The molecule has 0 aliphatic heterocycles. The van der Waals surface area contributed by atoms with Gasteiger partial charge in [0.05, 0.1) is 5.56 Å². The molecule has 0 aliphatic carbocycles. The van der Waals surface area contributed by atoms with Crippen LogP contribution in [0.2, 0.25) is 0 Å². The molecule has 1 rings (SSSR count). The normalized spacial score (nSPS) is 12.4. The lowest BCUT2D eigenvalue weighted by molar-refractivity contribution is -0.137. The number of nitrogens with two attached hydrogens (primary N) is 1. The predicted octanol–water partition coefficient (Wildman–Crippen LogP) is 3.98. The molecule has 0 bridgehead atoms. The number of rotatable bonds is 5. The topological polar surface area (TPSA) is 58.8 Å². The SMILES string of the molecule is CN(C)CCCN(C(=O)OC(C)(C)C)c1cc(N)cc(C(F)(F)F)c1. The molecule has 0 fully saturated rings. The minimum Gasteiger partial charge on any atom is -0.443 e. The third-order valence-corrected chi connectivity index (χ3v) is 3.18. The van der Waals surface area contributed by atoms with Crippen LogP contribution < -0.4 is 10.6 Å². The molecule has 0 saturated heterocycles. The number of anilines is 2. The van der Waals surface area contributed by atoms with Gasteiger partial charge in [-0.25, -0.2) is 4.79 Å². The molecule has 0 aliphatic rings. The lowest BCUT2D eigenvalue weighted by atomic mass is 10.1. The fourth-order valence-corrected chi connectivity index (χ4v) is 2.14. The molecular weight excluding hydrogens is 335 g/mol. The molecule has 1 aromatic carbocycles. The molecule has 0 heterocycles. The van der Waals surface area contributed by atoms with Crippen LogP contribution in [0.5, 0.6) is 0 Å². The van der Waals surface area contributed by atoms with Gasteiger partial charge in [0.1, 0.15) is 5.60 Å². The van der Waals surface area contributed by atoms with Gasteiger partial charge in [-0.15, -0.1) is 0 Å². The van der Waals surface area contributed by atoms with E-state index in [0.717, 1.165) is 12.1 Å². The number of alkyl halides is 3. The van der Waals surface area contributed by atoms with Crippen LogP contribution in [0.15, 0.2) is 18.2 Å². The minimum absolute atomic E-state index is 0.0639. The number of amides is 1. The van der Waals surface area contributed by atoms with Crippen molar-refractivity contribution in [3.63, 3.8) is 0 Å². The van der Waals surface area contributed by atoms with Crippen molar-refractivity contribution >= 4 is 17.5 Å². The van der Waals surface area contributed by atoms with Gasteiger partial charge in [0.25, 0.3) is 0 Å². The Morgan fingerprint density at radius 3 is 2.20 bits per heavy atom. The molecule has 2 N–H and O–H groups in total. The number of carbonyl (C=O) groups is 1. The molecule has 5 nitrogen and oxygen atoms in total. The van der Waals surface area contributed by atoms with Gasteiger partial charge in [-0.3, -0.25) is 4.90 Å². The molecule has 0 atom stereocenters. The number of hydrogen-bond acceptors (Lipinski definition) is 4. The first-order valence-corrected chi connectivity index (χ1v) is 7.92. The Hall–Kier alpha value is -1.96. The second-order valence-corrected chi connectivity index (χ2v) is 7.10. The summed E-state index contributed by atoms with van der Waals surface area (Å²) in [5.41, 5.74) is 3.96. The number of nitrogens with zero attached hydrogens (tertiary/aromatic N) is 2. The van der Waals surface area contributed by atoms with E-state index >= 15 is 0 Å². The summed E-state index contributed by atoms with van der Waals surface area (Å²) in [4.78, 5) is 15.6. The van der Waals surface area contributed by atoms with E-state index in [-0.39, 0.29) is 17.9 Å². The van der Waals surface area contributed by atoms with Crippen molar-refractivity contribution in [3.8, 4) is 0 Å². The van der Waals surface area contributed by atoms with Crippen molar-refractivity contribution in [3.05, 3.63) is 23.8 Å². The average molecular weight is 361 g/mol. The molecule has 0 spiro atoms. The van der Waals surface area contributed by atoms with Gasteiger partial charge in [0.15, 0.2) is 0 Å². The van der Waals surface area contributed by atoms with E-state index < -0.39 is 23.4 Å². The Bertz CT molecular complexity index is 596. The molecule has 0 aromatic heterocycles. The van der Waals surface area contributed by atoms with Crippen molar-refractivity contribution in [1.82, 2.24) is 4.90 Å². The summed E-state index contributed by atoms with van der Waals surface area (Å²) in [5, 5.41) is 0. The standard InChI is InChI=1S/C17H26F3N3O2/c1-16(2,3)25-15(24)23(8-6-7-22(4)5)14-10-12(17(18,19)20)9-13(21)11-14/h9-11H,6-8,21H2,1-5H3. The highest BCUT2D eigenvalue weighted by Crippen LogP contribution is 2.34. The fraction of sp³-hybridized carbons (Fsp3) is 0.588. The zero-order chi connectivity index (χ0) is 19.4. The number of hydrogen-bond donors (Lipinski definition) is 1. The van der Waals surface area contributed by atoms with E-state index in [1.54, 1.807) is 20.8 Å². The number of benzene rings is 1. The van der Waals surface area contributed by atoms with E-state index in [0.29, 0.717) is 13.0 Å². The van der Waals surface area contributed by atoms with Crippen molar-refractivity contribution in [2.75, 3.05) is 37.8 Å². The van der Waals surface area contributed by atoms with Gasteiger partial charge in [-0.1, -0.05) is 0 Å². The summed E-state index contributed by atoms with van der Waals surface area (Å²) in [6.45, 7) is 5.98. The quantitative estimate of drug-likeness (QED) is 0.806. The van der Waals surface area contributed by atoms with E-state index in [1.807, 2.05) is 19.0 Å². The second-order valence-electron chi connectivity index (χ2n) is 7.10. The predicted molar refractivity (Wildman–Crippen MR) is 92.6 cm³/mol. The van der Waals surface area contributed by atoms with E-state index in [1.165, 1.54) is 11.0 Å². The lowest BCUT2D eigenvalue weighted by Gasteiger charge is -2.28. The largest absolute Gasteiger partial charge is 0.443 e. The number of nitrogen functional groups attached to an aromatic ring is 1. The molecule has 8 heteroatoms. The molecular formula is C17H26F3N3O2. The fourth-order valence-electron chi connectivity index (χ4n) is 2.14. The minimum atomic E-state index is -4.55. The van der Waals surface area contributed by atoms with Crippen LogP contribution in [0, 0.1) is 0 Å². The van der Waals surface area contributed by atoms with Gasteiger partial charge < -0.3 is 15.4 Å². The first-order valence-electron chi connectivity index (χ1n) is 7.92. The van der Waals surface area contributed by atoms with Crippen molar-refractivity contribution in [2.24, 2.45) is 0 Å². The molecule has 0 saturated carbocycles. The first-order chi connectivity index (χ1) is 11.3. The highest BCUT2D eigenvalue weighted by molar-refractivity contribution is 5.88. The summed E-state index contributed by atoms with van der Waals surface area (Å²) in [6, 6.07) is 3.10. The molecule has 0 unspecified atom stereocenters. The Kier molecular flexibility index (Phi) is 6.70. The van der Waals surface area contributed by atoms with E-state index in [2.05, 4.69) is 0 Å². The Balaban J connectivity index is 3.17. The Morgan fingerprint density at radius 1 is 1.12 bits per heavy atom. The summed E-state index contributed by atoms with van der Waals surface area (Å²) in [6.07, 6.45) is -4.68. The number of halogens is 3. The Morgan fingerprint density at radius 2 is 1.72 bits per heavy atom. The zero-order valence-corrected chi connectivity index (χ0v) is 15.3. The summed E-state index contributed by atoms with van der Waals surface area (Å²) >= 11 is 0. The monoisotopic (exact) mass is 361 g/mol. The van der Waals surface area contributed by atoms with Crippen molar-refractivity contribution in [2.45, 2.75) is 39.0 Å². The Labute approximate surface area is 146 Å². The van der Waals surface area contributed by atoms with Crippen molar-refractivity contribution < 1.29 is 22.7 Å². The van der Waals surface area contributed by atoms with Gasteiger partial charge >= 0.3 is 12.3 Å². The third-order valence-electron chi connectivity index (χ3n) is 3.18. The highest BCUT2D eigenvalue weighted by Gasteiger charge is 2.32. The maximum absolute atomic E-state index is 13.0. The van der Waals surface area contributed by atoms with Gasteiger partial charge in [-0.05, 0) is 66.0 Å². The van der Waals surface area contributed by atoms with Crippen LogP contribution in [0.3, 0.4) is 0 Å². The maximum atomic E-state index is 13.0. The lowest BCUT2D eigenvalue weighted by Crippen LogP contribution is -2.38. The van der Waals surface area contributed by atoms with Gasteiger partial charge in [0, 0.05) is 17.9 Å². The van der Waals surface area contributed by atoms with Crippen molar-refractivity contribution in [1.29, 1.82) is 0 Å².